The molecule has 2 aromatic rings. The second-order valence-corrected chi connectivity index (χ2v) is 6.18. The highest BCUT2D eigenvalue weighted by atomic mass is 16.4. The molecule has 5 heteroatoms. The van der Waals surface area contributed by atoms with Crippen LogP contribution in [0.4, 0.5) is 5.95 Å². The highest BCUT2D eigenvalue weighted by Gasteiger charge is 2.28. The summed E-state index contributed by atoms with van der Waals surface area (Å²) >= 11 is 0. The van der Waals surface area contributed by atoms with Crippen LogP contribution in [0.3, 0.4) is 0 Å². The first kappa shape index (κ1) is 14.9. The Morgan fingerprint density at radius 3 is 3.00 bits per heavy atom. The molecule has 0 amide bonds. The van der Waals surface area contributed by atoms with Gasteiger partial charge < -0.3 is 14.6 Å². The number of anilines is 1. The number of carbonyl (C=O) groups is 1. The first-order chi connectivity index (χ1) is 10.6. The van der Waals surface area contributed by atoms with Gasteiger partial charge in [0.15, 0.2) is 0 Å². The molecule has 1 aliphatic rings. The first-order valence-electron chi connectivity index (χ1n) is 8.04. The van der Waals surface area contributed by atoms with Crippen LogP contribution < -0.4 is 4.90 Å². The van der Waals surface area contributed by atoms with Crippen LogP contribution in [0.2, 0.25) is 0 Å². The zero-order chi connectivity index (χ0) is 15.7. The fourth-order valence-corrected chi connectivity index (χ4v) is 3.27. The summed E-state index contributed by atoms with van der Waals surface area (Å²) in [4.78, 5) is 18.3. The van der Waals surface area contributed by atoms with E-state index in [1.165, 1.54) is 5.56 Å². The van der Waals surface area contributed by atoms with Crippen LogP contribution in [0.1, 0.15) is 31.7 Å². The maximum atomic E-state index is 11.3. The van der Waals surface area contributed by atoms with E-state index in [0.717, 1.165) is 49.3 Å². The van der Waals surface area contributed by atoms with Gasteiger partial charge >= 0.3 is 5.97 Å². The molecule has 0 radical (unpaired) electrons. The fraction of sp³-hybridized carbons (Fsp3) is 0.529. The normalized spacial score (nSPS) is 18.8. The third kappa shape index (κ3) is 2.67. The van der Waals surface area contributed by atoms with Crippen molar-refractivity contribution in [1.29, 1.82) is 0 Å². The number of aliphatic carboxylic acids is 1. The van der Waals surface area contributed by atoms with E-state index in [4.69, 9.17) is 4.98 Å². The maximum Gasteiger partial charge on any atom is 0.308 e. The number of nitrogens with zero attached hydrogens (tertiary/aromatic N) is 3. The van der Waals surface area contributed by atoms with Gasteiger partial charge in [0, 0.05) is 19.6 Å². The first-order valence-corrected chi connectivity index (χ1v) is 8.04. The number of hydrogen-bond acceptors (Lipinski definition) is 3. The molecule has 0 bridgehead atoms. The molecular weight excluding hydrogens is 278 g/mol. The number of piperidine rings is 1. The Labute approximate surface area is 130 Å². The number of imidazole rings is 1. The molecule has 2 heterocycles. The van der Waals surface area contributed by atoms with Gasteiger partial charge in [-0.1, -0.05) is 13.0 Å². The van der Waals surface area contributed by atoms with E-state index in [9.17, 15) is 9.90 Å². The van der Waals surface area contributed by atoms with Crippen molar-refractivity contribution in [2.75, 3.05) is 18.0 Å². The number of rotatable bonds is 4. The van der Waals surface area contributed by atoms with Crippen molar-refractivity contribution in [3.05, 3.63) is 23.8 Å². The van der Waals surface area contributed by atoms with Gasteiger partial charge in [-0.25, -0.2) is 4.98 Å². The number of aromatic nitrogens is 2. The molecule has 1 aromatic heterocycles. The van der Waals surface area contributed by atoms with Crippen molar-refractivity contribution < 1.29 is 9.90 Å². The number of aryl methyl sites for hydroxylation is 2. The van der Waals surface area contributed by atoms with Crippen molar-refractivity contribution in [1.82, 2.24) is 9.55 Å². The summed E-state index contributed by atoms with van der Waals surface area (Å²) in [5.41, 5.74) is 3.34. The number of carboxylic acids is 1. The highest BCUT2D eigenvalue weighted by molar-refractivity contribution is 5.80. The van der Waals surface area contributed by atoms with Crippen molar-refractivity contribution in [3.63, 3.8) is 0 Å². The fourth-order valence-electron chi connectivity index (χ4n) is 3.27. The second kappa shape index (κ2) is 5.99. The minimum atomic E-state index is -0.696. The number of fused-ring (bicyclic) bond motifs is 1. The number of carboxylic acid groups (broad SMARTS) is 1. The average Bonchev–Trinajstić information content (AvgIpc) is 2.85. The highest BCUT2D eigenvalue weighted by Crippen LogP contribution is 2.28. The smallest absolute Gasteiger partial charge is 0.308 e. The SMILES string of the molecule is CCCn1c(N2CCCC(C(=O)O)C2)nc2cc(C)ccc21. The van der Waals surface area contributed by atoms with E-state index in [1.54, 1.807) is 0 Å². The Hall–Kier alpha value is -2.04. The van der Waals surface area contributed by atoms with Crippen molar-refractivity contribution in [2.24, 2.45) is 5.92 Å². The molecule has 118 valence electrons. The minimum Gasteiger partial charge on any atom is -0.481 e. The van der Waals surface area contributed by atoms with Crippen LogP contribution >= 0.6 is 0 Å². The summed E-state index contributed by atoms with van der Waals surface area (Å²) < 4.78 is 2.24. The summed E-state index contributed by atoms with van der Waals surface area (Å²) in [5.74, 6) is -0.0579. The Kier molecular flexibility index (Phi) is 4.05. The standard InChI is InChI=1S/C17H23N3O2/c1-3-8-20-15-7-6-12(2)10-14(15)18-17(20)19-9-4-5-13(11-19)16(21)22/h6-7,10,13H,3-5,8-9,11H2,1-2H3,(H,21,22). The molecule has 0 saturated carbocycles. The lowest BCUT2D eigenvalue weighted by atomic mass is 9.99. The van der Waals surface area contributed by atoms with E-state index >= 15 is 0 Å². The molecule has 1 unspecified atom stereocenters. The monoisotopic (exact) mass is 301 g/mol. The molecule has 1 aliphatic heterocycles. The molecule has 22 heavy (non-hydrogen) atoms. The summed E-state index contributed by atoms with van der Waals surface area (Å²) in [6.45, 7) is 6.57. The predicted octanol–water partition coefficient (Wildman–Crippen LogP) is 3.06. The van der Waals surface area contributed by atoms with Gasteiger partial charge in [0.05, 0.1) is 17.0 Å². The number of benzene rings is 1. The van der Waals surface area contributed by atoms with Crippen LogP contribution in [0.25, 0.3) is 11.0 Å². The zero-order valence-corrected chi connectivity index (χ0v) is 13.2. The molecule has 5 nitrogen and oxygen atoms in total. The molecule has 0 spiro atoms. The van der Waals surface area contributed by atoms with Crippen molar-refractivity contribution in [3.8, 4) is 0 Å². The van der Waals surface area contributed by atoms with Crippen LogP contribution in [0.15, 0.2) is 18.2 Å². The average molecular weight is 301 g/mol. The quantitative estimate of drug-likeness (QED) is 0.943. The van der Waals surface area contributed by atoms with Crippen molar-refractivity contribution >= 4 is 23.0 Å². The summed E-state index contributed by atoms with van der Waals surface area (Å²) in [5, 5.41) is 9.30. The van der Waals surface area contributed by atoms with Gasteiger partial charge in [0.1, 0.15) is 0 Å². The van der Waals surface area contributed by atoms with Gasteiger partial charge in [0.2, 0.25) is 5.95 Å². The third-order valence-corrected chi connectivity index (χ3v) is 4.38. The summed E-state index contributed by atoms with van der Waals surface area (Å²) in [7, 11) is 0. The lowest BCUT2D eigenvalue weighted by Crippen LogP contribution is -2.40. The maximum absolute atomic E-state index is 11.3. The lowest BCUT2D eigenvalue weighted by molar-refractivity contribution is -0.141. The Morgan fingerprint density at radius 1 is 1.45 bits per heavy atom. The van der Waals surface area contributed by atoms with Crippen LogP contribution in [0, 0.1) is 12.8 Å². The van der Waals surface area contributed by atoms with Gasteiger partial charge in [-0.2, -0.15) is 0 Å². The van der Waals surface area contributed by atoms with Crippen molar-refractivity contribution in [2.45, 2.75) is 39.7 Å². The topological polar surface area (TPSA) is 58.4 Å². The van der Waals surface area contributed by atoms with Gasteiger partial charge in [-0.3, -0.25) is 4.79 Å². The molecular formula is C17H23N3O2. The largest absolute Gasteiger partial charge is 0.481 e. The Balaban J connectivity index is 2.01. The molecule has 1 N–H and O–H groups in total. The van der Waals surface area contributed by atoms with Gasteiger partial charge in [-0.15, -0.1) is 0 Å². The van der Waals surface area contributed by atoms with Gasteiger partial charge in [-0.05, 0) is 43.9 Å². The van der Waals surface area contributed by atoms with Crippen LogP contribution in [-0.2, 0) is 11.3 Å². The van der Waals surface area contributed by atoms with E-state index in [-0.39, 0.29) is 5.92 Å². The van der Waals surface area contributed by atoms with Gasteiger partial charge in [0.25, 0.3) is 0 Å². The van der Waals surface area contributed by atoms with E-state index in [0.29, 0.717) is 6.54 Å². The Morgan fingerprint density at radius 2 is 2.27 bits per heavy atom. The molecule has 3 rings (SSSR count). The summed E-state index contributed by atoms with van der Waals surface area (Å²) in [6.07, 6.45) is 2.70. The third-order valence-electron chi connectivity index (χ3n) is 4.38. The molecule has 1 saturated heterocycles. The second-order valence-electron chi connectivity index (χ2n) is 6.18. The Bertz CT molecular complexity index is 693. The lowest BCUT2D eigenvalue weighted by Gasteiger charge is -2.31. The van der Waals surface area contributed by atoms with E-state index < -0.39 is 5.97 Å². The zero-order valence-electron chi connectivity index (χ0n) is 13.2. The molecule has 1 fully saturated rings. The van der Waals surface area contributed by atoms with E-state index in [1.807, 2.05) is 0 Å². The minimum absolute atomic E-state index is 0.287. The molecule has 0 aliphatic carbocycles. The molecule has 1 atom stereocenters. The van der Waals surface area contributed by atoms with Crippen LogP contribution in [-0.4, -0.2) is 33.7 Å². The predicted molar refractivity (Wildman–Crippen MR) is 87.3 cm³/mol. The summed E-state index contributed by atoms with van der Waals surface area (Å²) in [6, 6.07) is 6.33. The molecule has 1 aromatic carbocycles. The number of hydrogen-bond donors (Lipinski definition) is 1. The van der Waals surface area contributed by atoms with Crippen LogP contribution in [0.5, 0.6) is 0 Å². The van der Waals surface area contributed by atoms with E-state index in [2.05, 4.69) is 41.5 Å².